The fraction of sp³-hybridized carbons (Fsp3) is 0.348. The van der Waals surface area contributed by atoms with Crippen molar-refractivity contribution < 1.29 is 0 Å². The Morgan fingerprint density at radius 1 is 0.867 bits per heavy atom. The van der Waals surface area contributed by atoms with Crippen molar-refractivity contribution in [1.29, 1.82) is 0 Å². The van der Waals surface area contributed by atoms with Gasteiger partial charge in [0.25, 0.3) is 5.56 Å². The van der Waals surface area contributed by atoms with Crippen LogP contribution < -0.4 is 5.56 Å². The molecule has 4 aromatic rings. The molecule has 0 N–H and O–H groups in total. The molecule has 0 saturated carbocycles. The number of aryl methyl sites for hydroxylation is 2. The second-order valence-electron chi connectivity index (χ2n) is 8.11. The highest BCUT2D eigenvalue weighted by molar-refractivity contribution is 5.80. The Hall–Kier alpha value is -3.03. The zero-order chi connectivity index (χ0) is 20.7. The molecule has 0 aliphatic carbocycles. The smallest absolute Gasteiger partial charge is 0.262 e. The molecule has 0 amide bonds. The molecule has 1 aliphatic rings. The molecule has 1 aliphatic heterocycles. The molecule has 7 heteroatoms. The summed E-state index contributed by atoms with van der Waals surface area (Å²) in [5.41, 5.74) is 3.59. The lowest BCUT2D eigenvalue weighted by Crippen LogP contribution is -2.45. The largest absolute Gasteiger partial charge is 0.297 e. The van der Waals surface area contributed by atoms with E-state index < -0.39 is 0 Å². The number of para-hydroxylation sites is 1. The van der Waals surface area contributed by atoms with Crippen LogP contribution in [0, 0.1) is 6.92 Å². The highest BCUT2D eigenvalue weighted by Crippen LogP contribution is 2.17. The van der Waals surface area contributed by atoms with Crippen molar-refractivity contribution in [2.24, 2.45) is 7.05 Å². The van der Waals surface area contributed by atoms with Crippen LogP contribution >= 0.6 is 0 Å². The molecular weight excluding hydrogens is 376 g/mol. The highest BCUT2D eigenvalue weighted by Gasteiger charge is 2.21. The van der Waals surface area contributed by atoms with Gasteiger partial charge in [-0.3, -0.25) is 23.6 Å². The molecule has 5 rings (SSSR count). The van der Waals surface area contributed by atoms with E-state index in [0.29, 0.717) is 11.2 Å². The van der Waals surface area contributed by atoms with Crippen molar-refractivity contribution in [1.82, 2.24) is 29.0 Å². The predicted molar refractivity (Wildman–Crippen MR) is 117 cm³/mol. The third-order valence-electron chi connectivity index (χ3n) is 6.18. The van der Waals surface area contributed by atoms with E-state index in [9.17, 15) is 4.79 Å². The first-order valence-electron chi connectivity index (χ1n) is 10.4. The minimum atomic E-state index is -0.0399. The van der Waals surface area contributed by atoms with E-state index in [0.717, 1.165) is 50.6 Å². The van der Waals surface area contributed by atoms with Crippen LogP contribution in [0.3, 0.4) is 0 Å². The molecule has 0 unspecified atom stereocenters. The fourth-order valence-corrected chi connectivity index (χ4v) is 4.33. The van der Waals surface area contributed by atoms with Gasteiger partial charge in [0.15, 0.2) is 5.82 Å². The molecular formula is C23H26N6O. The van der Waals surface area contributed by atoms with Gasteiger partial charge in [-0.15, -0.1) is 10.2 Å². The summed E-state index contributed by atoms with van der Waals surface area (Å²) in [5.74, 6) is 1.47. The lowest BCUT2D eigenvalue weighted by molar-refractivity contribution is 0.119. The summed E-state index contributed by atoms with van der Waals surface area (Å²) in [6, 6.07) is 16.3. The summed E-state index contributed by atoms with van der Waals surface area (Å²) in [5, 5.41) is 9.44. The molecule has 3 heterocycles. The zero-order valence-corrected chi connectivity index (χ0v) is 17.5. The standard InChI is InChI=1S/C23H26N6O/c1-17-7-3-4-8-18(17)15-27-11-13-28(14-12-27)16-21-24-25-23-26(2)22(30)19-9-5-6-10-20(19)29(21)23/h3-10H,11-16H2,1-2H3. The Morgan fingerprint density at radius 3 is 2.30 bits per heavy atom. The van der Waals surface area contributed by atoms with Crippen molar-refractivity contribution in [2.75, 3.05) is 26.2 Å². The molecule has 1 saturated heterocycles. The van der Waals surface area contributed by atoms with Gasteiger partial charge in [0.1, 0.15) is 0 Å². The number of hydrogen-bond acceptors (Lipinski definition) is 5. The third kappa shape index (κ3) is 3.30. The van der Waals surface area contributed by atoms with Crippen molar-refractivity contribution in [3.05, 3.63) is 75.8 Å². The minimum absolute atomic E-state index is 0.0399. The molecule has 30 heavy (non-hydrogen) atoms. The van der Waals surface area contributed by atoms with Gasteiger partial charge in [-0.2, -0.15) is 0 Å². The lowest BCUT2D eigenvalue weighted by atomic mass is 10.1. The Bertz CT molecular complexity index is 1270. The molecule has 0 radical (unpaired) electrons. The average Bonchev–Trinajstić information content (AvgIpc) is 3.19. The molecule has 0 atom stereocenters. The SMILES string of the molecule is Cc1ccccc1CN1CCN(Cc2nnc3n(C)c(=O)c4ccccc4n23)CC1. The van der Waals surface area contributed by atoms with Crippen molar-refractivity contribution in [3.8, 4) is 0 Å². The van der Waals surface area contributed by atoms with E-state index in [2.05, 4.69) is 51.2 Å². The summed E-state index contributed by atoms with van der Waals surface area (Å²) in [6.07, 6.45) is 0. The first kappa shape index (κ1) is 19.0. The van der Waals surface area contributed by atoms with Crippen LogP contribution in [0.5, 0.6) is 0 Å². The predicted octanol–water partition coefficient (Wildman–Crippen LogP) is 2.21. The number of hydrogen-bond donors (Lipinski definition) is 0. The normalized spacial score (nSPS) is 15.9. The summed E-state index contributed by atoms with van der Waals surface area (Å²) in [7, 11) is 1.76. The van der Waals surface area contributed by atoms with Gasteiger partial charge in [-0.25, -0.2) is 0 Å². The maximum Gasteiger partial charge on any atom is 0.262 e. The van der Waals surface area contributed by atoms with Gasteiger partial charge in [0.2, 0.25) is 5.78 Å². The lowest BCUT2D eigenvalue weighted by Gasteiger charge is -2.34. The van der Waals surface area contributed by atoms with Crippen molar-refractivity contribution in [3.63, 3.8) is 0 Å². The number of nitrogens with zero attached hydrogens (tertiary/aromatic N) is 6. The average molecular weight is 403 g/mol. The molecule has 7 nitrogen and oxygen atoms in total. The van der Waals surface area contributed by atoms with Crippen molar-refractivity contribution in [2.45, 2.75) is 20.0 Å². The van der Waals surface area contributed by atoms with Gasteiger partial charge in [0.05, 0.1) is 17.4 Å². The highest BCUT2D eigenvalue weighted by atomic mass is 16.1. The Morgan fingerprint density at radius 2 is 1.53 bits per heavy atom. The van der Waals surface area contributed by atoms with Crippen LogP contribution in [0.1, 0.15) is 17.0 Å². The van der Waals surface area contributed by atoms with E-state index in [1.807, 2.05) is 28.7 Å². The number of rotatable bonds is 4. The quantitative estimate of drug-likeness (QED) is 0.524. The summed E-state index contributed by atoms with van der Waals surface area (Å²) in [4.78, 5) is 17.6. The molecule has 1 fully saturated rings. The van der Waals surface area contributed by atoms with E-state index in [-0.39, 0.29) is 5.56 Å². The van der Waals surface area contributed by atoms with Gasteiger partial charge in [-0.05, 0) is 30.2 Å². The topological polar surface area (TPSA) is 58.7 Å². The summed E-state index contributed by atoms with van der Waals surface area (Å²) < 4.78 is 3.61. The fourth-order valence-electron chi connectivity index (χ4n) is 4.33. The van der Waals surface area contributed by atoms with Gasteiger partial charge in [-0.1, -0.05) is 36.4 Å². The van der Waals surface area contributed by atoms with E-state index in [1.165, 1.54) is 11.1 Å². The van der Waals surface area contributed by atoms with Crippen LogP contribution in [0.25, 0.3) is 16.7 Å². The zero-order valence-electron chi connectivity index (χ0n) is 17.5. The van der Waals surface area contributed by atoms with E-state index >= 15 is 0 Å². The number of piperazine rings is 1. The Balaban J connectivity index is 1.35. The molecule has 0 bridgehead atoms. The molecule has 2 aromatic carbocycles. The minimum Gasteiger partial charge on any atom is -0.297 e. The Labute approximate surface area is 175 Å². The number of aromatic nitrogens is 4. The van der Waals surface area contributed by atoms with E-state index in [4.69, 9.17) is 0 Å². The molecule has 154 valence electrons. The first-order valence-corrected chi connectivity index (χ1v) is 10.4. The van der Waals surface area contributed by atoms with Crippen LogP contribution in [0.15, 0.2) is 53.3 Å². The number of benzene rings is 2. The van der Waals surface area contributed by atoms with Crippen molar-refractivity contribution >= 4 is 16.7 Å². The van der Waals surface area contributed by atoms with E-state index in [1.54, 1.807) is 11.6 Å². The molecule has 0 spiro atoms. The maximum absolute atomic E-state index is 12.6. The molecule has 2 aromatic heterocycles. The van der Waals surface area contributed by atoms with Crippen LogP contribution in [-0.4, -0.2) is 55.1 Å². The van der Waals surface area contributed by atoms with Crippen LogP contribution in [0.4, 0.5) is 0 Å². The van der Waals surface area contributed by atoms with Crippen LogP contribution in [0.2, 0.25) is 0 Å². The Kier molecular flexibility index (Phi) is 4.84. The summed E-state index contributed by atoms with van der Waals surface area (Å²) in [6.45, 7) is 7.95. The van der Waals surface area contributed by atoms with Crippen LogP contribution in [-0.2, 0) is 20.1 Å². The number of fused-ring (bicyclic) bond motifs is 3. The maximum atomic E-state index is 12.6. The monoisotopic (exact) mass is 402 g/mol. The third-order valence-corrected chi connectivity index (χ3v) is 6.18. The second-order valence-corrected chi connectivity index (χ2v) is 8.11. The summed E-state index contributed by atoms with van der Waals surface area (Å²) >= 11 is 0. The van der Waals surface area contributed by atoms with Gasteiger partial charge < -0.3 is 0 Å². The second kappa shape index (κ2) is 7.66. The van der Waals surface area contributed by atoms with Gasteiger partial charge in [0, 0.05) is 39.8 Å². The first-order chi connectivity index (χ1) is 14.6. The van der Waals surface area contributed by atoms with Gasteiger partial charge >= 0.3 is 0 Å².